The molecule has 0 bridgehead atoms. The number of aromatic nitrogens is 2. The number of carbonyl (C=O) groups is 1. The summed E-state index contributed by atoms with van der Waals surface area (Å²) in [4.78, 5) is 12.8. The molecule has 1 N–H and O–H groups in total. The number of nitrogens with one attached hydrogen (secondary N) is 1. The van der Waals surface area contributed by atoms with E-state index in [1.165, 1.54) is 0 Å². The fraction of sp³-hybridized carbons (Fsp3) is 0.273. The zero-order valence-electron chi connectivity index (χ0n) is 16.4. The van der Waals surface area contributed by atoms with Crippen LogP contribution in [0.15, 0.2) is 54.7 Å². The van der Waals surface area contributed by atoms with E-state index in [0.29, 0.717) is 23.6 Å². The van der Waals surface area contributed by atoms with Crippen LogP contribution in [0.1, 0.15) is 35.0 Å². The van der Waals surface area contributed by atoms with Crippen LogP contribution in [0, 0.1) is 0 Å². The van der Waals surface area contributed by atoms with Crippen molar-refractivity contribution in [3.8, 4) is 17.2 Å². The minimum Gasteiger partial charge on any atom is -0.497 e. The second-order valence-corrected chi connectivity index (χ2v) is 6.41. The van der Waals surface area contributed by atoms with Crippen LogP contribution in [-0.4, -0.2) is 29.9 Å². The van der Waals surface area contributed by atoms with Gasteiger partial charge in [0.2, 0.25) is 0 Å². The summed E-state index contributed by atoms with van der Waals surface area (Å²) in [5.41, 5.74) is 3.36. The number of para-hydroxylation sites is 1. The lowest BCUT2D eigenvalue weighted by atomic mass is 10.1. The number of benzene rings is 2. The first kappa shape index (κ1) is 19.5. The van der Waals surface area contributed by atoms with Crippen molar-refractivity contribution in [2.24, 2.45) is 0 Å². The van der Waals surface area contributed by atoms with E-state index in [1.807, 2.05) is 47.1 Å². The number of rotatable bonds is 8. The lowest BCUT2D eigenvalue weighted by Gasteiger charge is -2.11. The van der Waals surface area contributed by atoms with Crippen LogP contribution in [0.25, 0.3) is 5.69 Å². The molecule has 0 unspecified atom stereocenters. The molecule has 0 fully saturated rings. The molecule has 2 aromatic carbocycles. The van der Waals surface area contributed by atoms with Crippen molar-refractivity contribution >= 4 is 5.91 Å². The number of hydrogen-bond acceptors (Lipinski definition) is 4. The zero-order valence-corrected chi connectivity index (χ0v) is 16.4. The maximum atomic E-state index is 12.8. The van der Waals surface area contributed by atoms with Gasteiger partial charge in [-0.3, -0.25) is 4.79 Å². The van der Waals surface area contributed by atoms with Crippen molar-refractivity contribution in [1.82, 2.24) is 15.1 Å². The van der Waals surface area contributed by atoms with Crippen molar-refractivity contribution in [1.29, 1.82) is 0 Å². The van der Waals surface area contributed by atoms with Crippen molar-refractivity contribution in [2.75, 3.05) is 14.2 Å². The predicted molar refractivity (Wildman–Crippen MR) is 108 cm³/mol. The van der Waals surface area contributed by atoms with Gasteiger partial charge < -0.3 is 14.8 Å². The molecule has 6 nitrogen and oxygen atoms in total. The molecule has 146 valence electrons. The van der Waals surface area contributed by atoms with Gasteiger partial charge in [0, 0.05) is 12.6 Å². The Bertz CT molecular complexity index is 913. The van der Waals surface area contributed by atoms with Gasteiger partial charge in [-0.15, -0.1) is 0 Å². The van der Waals surface area contributed by atoms with Crippen LogP contribution in [0.5, 0.6) is 11.5 Å². The van der Waals surface area contributed by atoms with E-state index in [0.717, 1.165) is 29.8 Å². The summed E-state index contributed by atoms with van der Waals surface area (Å²) < 4.78 is 12.4. The van der Waals surface area contributed by atoms with Gasteiger partial charge in [-0.1, -0.05) is 31.5 Å². The van der Waals surface area contributed by atoms with Gasteiger partial charge >= 0.3 is 0 Å². The summed E-state index contributed by atoms with van der Waals surface area (Å²) in [5.74, 6) is 1.23. The normalized spacial score (nSPS) is 10.5. The first-order valence-corrected chi connectivity index (χ1v) is 9.28. The molecule has 3 rings (SSSR count). The summed E-state index contributed by atoms with van der Waals surface area (Å²) in [6, 6.07) is 15.4. The maximum absolute atomic E-state index is 12.8. The molecule has 0 radical (unpaired) electrons. The molecule has 0 atom stereocenters. The third-order valence-corrected chi connectivity index (χ3v) is 4.47. The molecule has 6 heteroatoms. The van der Waals surface area contributed by atoms with Gasteiger partial charge in [-0.05, 0) is 36.2 Å². The molecule has 0 aliphatic rings. The monoisotopic (exact) mass is 379 g/mol. The van der Waals surface area contributed by atoms with Crippen LogP contribution >= 0.6 is 0 Å². The summed E-state index contributed by atoms with van der Waals surface area (Å²) in [6.07, 6.45) is 3.33. The van der Waals surface area contributed by atoms with Crippen molar-refractivity contribution < 1.29 is 14.3 Å². The molecule has 0 spiro atoms. The molecule has 3 aromatic rings. The van der Waals surface area contributed by atoms with Crippen molar-refractivity contribution in [3.05, 3.63) is 71.5 Å². The molecule has 0 saturated carbocycles. The Morgan fingerprint density at radius 2 is 1.75 bits per heavy atom. The van der Waals surface area contributed by atoms with Crippen LogP contribution < -0.4 is 14.8 Å². The fourth-order valence-electron chi connectivity index (χ4n) is 3.08. The minimum atomic E-state index is -0.146. The van der Waals surface area contributed by atoms with Gasteiger partial charge in [0.15, 0.2) is 0 Å². The second-order valence-electron chi connectivity index (χ2n) is 6.41. The number of hydrogen-bond donors (Lipinski definition) is 1. The molecule has 28 heavy (non-hydrogen) atoms. The highest BCUT2D eigenvalue weighted by Gasteiger charge is 2.18. The Kier molecular flexibility index (Phi) is 6.32. The quantitative estimate of drug-likeness (QED) is 0.647. The summed E-state index contributed by atoms with van der Waals surface area (Å²) in [5, 5.41) is 7.43. The van der Waals surface area contributed by atoms with E-state index in [-0.39, 0.29) is 5.91 Å². The first-order chi connectivity index (χ1) is 13.7. The van der Waals surface area contributed by atoms with Crippen LogP contribution in [0.4, 0.5) is 0 Å². The highest BCUT2D eigenvalue weighted by atomic mass is 16.5. The van der Waals surface area contributed by atoms with E-state index in [1.54, 1.807) is 26.5 Å². The van der Waals surface area contributed by atoms with Crippen LogP contribution in [0.2, 0.25) is 0 Å². The average molecular weight is 379 g/mol. The predicted octanol–water partition coefficient (Wildman–Crippen LogP) is 3.77. The number of carbonyl (C=O) groups excluding carboxylic acids is 1. The fourth-order valence-corrected chi connectivity index (χ4v) is 3.08. The van der Waals surface area contributed by atoms with Crippen LogP contribution in [-0.2, 0) is 13.0 Å². The SMILES string of the molecule is CCCc1c(C(=O)NCc2cc(OC)cc(OC)c2)cnn1-c1ccccc1. The van der Waals surface area contributed by atoms with E-state index in [4.69, 9.17) is 9.47 Å². The van der Waals surface area contributed by atoms with Gasteiger partial charge in [0.1, 0.15) is 11.5 Å². The largest absolute Gasteiger partial charge is 0.497 e. The summed E-state index contributed by atoms with van der Waals surface area (Å²) in [7, 11) is 3.21. The van der Waals surface area contributed by atoms with Crippen molar-refractivity contribution in [2.45, 2.75) is 26.3 Å². The molecule has 0 aliphatic carbocycles. The number of methoxy groups -OCH3 is 2. The molecule has 0 saturated heterocycles. The Hall–Kier alpha value is -3.28. The van der Waals surface area contributed by atoms with Crippen LogP contribution in [0.3, 0.4) is 0 Å². The number of amides is 1. The third-order valence-electron chi connectivity index (χ3n) is 4.47. The molecular formula is C22H25N3O3. The van der Waals surface area contributed by atoms with E-state index in [9.17, 15) is 4.79 Å². The topological polar surface area (TPSA) is 65.4 Å². The Morgan fingerprint density at radius 1 is 1.07 bits per heavy atom. The van der Waals surface area contributed by atoms with Crippen molar-refractivity contribution in [3.63, 3.8) is 0 Å². The number of ether oxygens (including phenoxy) is 2. The molecule has 0 aliphatic heterocycles. The average Bonchev–Trinajstić information content (AvgIpc) is 3.16. The highest BCUT2D eigenvalue weighted by Crippen LogP contribution is 2.23. The molecule has 1 amide bonds. The van der Waals surface area contributed by atoms with E-state index >= 15 is 0 Å². The Morgan fingerprint density at radius 3 is 2.36 bits per heavy atom. The Labute approximate surface area is 165 Å². The van der Waals surface area contributed by atoms with Gasteiger partial charge in [-0.2, -0.15) is 5.10 Å². The number of nitrogens with zero attached hydrogens (tertiary/aromatic N) is 2. The zero-order chi connectivity index (χ0) is 19.9. The highest BCUT2D eigenvalue weighted by molar-refractivity contribution is 5.95. The minimum absolute atomic E-state index is 0.146. The molecule has 1 heterocycles. The lowest BCUT2D eigenvalue weighted by Crippen LogP contribution is -2.24. The first-order valence-electron chi connectivity index (χ1n) is 9.28. The standard InChI is InChI=1S/C22H25N3O3/c1-4-8-21-20(15-24-25(21)17-9-6-5-7-10-17)22(26)23-14-16-11-18(27-2)13-19(12-16)28-3/h5-7,9-13,15H,4,8,14H2,1-3H3,(H,23,26). The second kappa shape index (κ2) is 9.08. The molecule has 1 aromatic heterocycles. The lowest BCUT2D eigenvalue weighted by molar-refractivity contribution is 0.0950. The third kappa shape index (κ3) is 4.34. The molecular weight excluding hydrogens is 354 g/mol. The van der Waals surface area contributed by atoms with E-state index < -0.39 is 0 Å². The van der Waals surface area contributed by atoms with E-state index in [2.05, 4.69) is 17.3 Å². The Balaban J connectivity index is 1.80. The smallest absolute Gasteiger partial charge is 0.255 e. The summed E-state index contributed by atoms with van der Waals surface area (Å²) in [6.45, 7) is 2.46. The van der Waals surface area contributed by atoms with Gasteiger partial charge in [-0.25, -0.2) is 4.68 Å². The van der Waals surface area contributed by atoms with Gasteiger partial charge in [0.25, 0.3) is 5.91 Å². The maximum Gasteiger partial charge on any atom is 0.255 e. The summed E-state index contributed by atoms with van der Waals surface area (Å²) >= 11 is 0. The van der Waals surface area contributed by atoms with Gasteiger partial charge in [0.05, 0.1) is 37.4 Å².